The minimum Gasteiger partial charge on any atom is -0.477 e. The highest BCUT2D eigenvalue weighted by Crippen LogP contribution is 2.44. The van der Waals surface area contributed by atoms with Crippen LogP contribution in [0.4, 0.5) is 0 Å². The van der Waals surface area contributed by atoms with E-state index in [9.17, 15) is 13.8 Å². The molecule has 8 heteroatoms. The van der Waals surface area contributed by atoms with Crippen LogP contribution in [0.2, 0.25) is 0 Å². The second-order valence-corrected chi connectivity index (χ2v) is 8.52. The van der Waals surface area contributed by atoms with Gasteiger partial charge >= 0.3 is 0 Å². The number of amides is 2. The van der Waals surface area contributed by atoms with Crippen molar-refractivity contribution in [3.63, 3.8) is 0 Å². The maximum Gasteiger partial charge on any atom is 0.274 e. The lowest BCUT2D eigenvalue weighted by atomic mass is 10.1. The van der Waals surface area contributed by atoms with Gasteiger partial charge in [0.2, 0.25) is 11.8 Å². The maximum atomic E-state index is 12.8. The van der Waals surface area contributed by atoms with Gasteiger partial charge in [0.1, 0.15) is 11.7 Å². The maximum absolute atomic E-state index is 12.8. The first-order valence-corrected chi connectivity index (χ1v) is 10.1. The van der Waals surface area contributed by atoms with E-state index in [-0.39, 0.29) is 17.3 Å². The average Bonchev–Trinajstić information content (AvgIpc) is 3.50. The topological polar surface area (TPSA) is 103 Å². The molecule has 2 unspecified atom stereocenters. The lowest BCUT2D eigenvalue weighted by Crippen LogP contribution is -2.45. The third-order valence-electron chi connectivity index (χ3n) is 4.87. The highest BCUT2D eigenvalue weighted by Gasteiger charge is 2.38. The summed E-state index contributed by atoms with van der Waals surface area (Å²) in [5.41, 5.74) is 6.60. The number of hydrogen-bond acceptors (Lipinski definition) is 5. The zero-order chi connectivity index (χ0) is 17.6. The largest absolute Gasteiger partial charge is 0.477 e. The number of carbonyl (C=O) groups is 2. The Morgan fingerprint density at radius 2 is 2.04 bits per heavy atom. The molecule has 2 heterocycles. The van der Waals surface area contributed by atoms with Crippen LogP contribution in [0.15, 0.2) is 12.1 Å². The van der Waals surface area contributed by atoms with E-state index in [1.807, 2.05) is 6.07 Å². The Balaban J connectivity index is 1.58. The van der Waals surface area contributed by atoms with E-state index in [1.54, 1.807) is 6.07 Å². The van der Waals surface area contributed by atoms with Crippen molar-refractivity contribution in [2.45, 2.75) is 37.6 Å². The molecule has 134 valence electrons. The second kappa shape index (κ2) is 6.40. The summed E-state index contributed by atoms with van der Waals surface area (Å²) in [4.78, 5) is 30.0. The number of aromatic nitrogens is 1. The van der Waals surface area contributed by atoms with E-state index in [4.69, 9.17) is 10.5 Å². The second-order valence-electron chi connectivity index (χ2n) is 7.05. The number of hydrogen-bond donors (Lipinski definition) is 1. The van der Waals surface area contributed by atoms with Gasteiger partial charge in [0.25, 0.3) is 5.91 Å². The third kappa shape index (κ3) is 3.53. The highest BCUT2D eigenvalue weighted by molar-refractivity contribution is 7.85. The molecule has 0 aromatic carbocycles. The smallest absolute Gasteiger partial charge is 0.274 e. The molecule has 2 amide bonds. The number of rotatable bonds is 6. The van der Waals surface area contributed by atoms with Crippen LogP contribution >= 0.6 is 0 Å². The summed E-state index contributed by atoms with van der Waals surface area (Å²) in [6.45, 7) is 0.627. The Labute approximate surface area is 148 Å². The number of nitrogens with two attached hydrogens (primary N) is 1. The fraction of sp³-hybridized carbons (Fsp3) is 0.588. The lowest BCUT2D eigenvalue weighted by Gasteiger charge is -2.21. The average molecular weight is 363 g/mol. The van der Waals surface area contributed by atoms with Crippen molar-refractivity contribution < 1.29 is 18.5 Å². The quantitative estimate of drug-likeness (QED) is 0.804. The van der Waals surface area contributed by atoms with Crippen molar-refractivity contribution in [3.05, 3.63) is 23.4 Å². The number of primary amides is 1. The van der Waals surface area contributed by atoms with Crippen molar-refractivity contribution in [1.82, 2.24) is 9.88 Å². The molecule has 25 heavy (non-hydrogen) atoms. The Kier molecular flexibility index (Phi) is 4.23. The van der Waals surface area contributed by atoms with E-state index in [0.29, 0.717) is 24.3 Å². The highest BCUT2D eigenvalue weighted by atomic mass is 32.2. The molecule has 2 aliphatic carbocycles. The molecule has 2 atom stereocenters. The van der Waals surface area contributed by atoms with E-state index in [1.165, 1.54) is 17.7 Å². The first kappa shape index (κ1) is 16.5. The zero-order valence-electron chi connectivity index (χ0n) is 13.8. The summed E-state index contributed by atoms with van der Waals surface area (Å²) in [6, 6.07) is 2.72. The van der Waals surface area contributed by atoms with Gasteiger partial charge in [0.15, 0.2) is 0 Å². The van der Waals surface area contributed by atoms with E-state index >= 15 is 0 Å². The van der Waals surface area contributed by atoms with Crippen LogP contribution < -0.4 is 10.5 Å². The molecule has 1 aromatic rings. The summed E-state index contributed by atoms with van der Waals surface area (Å²) in [5, 5.41) is 0. The van der Waals surface area contributed by atoms with Crippen LogP contribution in [0.1, 0.15) is 47.7 Å². The third-order valence-corrected chi connectivity index (χ3v) is 6.12. The lowest BCUT2D eigenvalue weighted by molar-refractivity contribution is -0.121. The molecule has 2 saturated carbocycles. The normalized spacial score (nSPS) is 25.8. The predicted octanol–water partition coefficient (Wildman–Crippen LogP) is 0.764. The molecule has 1 saturated heterocycles. The Morgan fingerprint density at radius 3 is 2.68 bits per heavy atom. The molecule has 1 aromatic heterocycles. The van der Waals surface area contributed by atoms with Gasteiger partial charge in [-0.2, -0.15) is 0 Å². The molecular formula is C17H21N3O4S. The Hall–Kier alpha value is -1.96. The predicted molar refractivity (Wildman–Crippen MR) is 91.5 cm³/mol. The number of pyridine rings is 1. The summed E-state index contributed by atoms with van der Waals surface area (Å²) < 4.78 is 17.6. The molecule has 7 nitrogen and oxygen atoms in total. The number of carbonyl (C=O) groups excluding carboxylic acids is 2. The number of nitrogens with zero attached hydrogens (tertiary/aromatic N) is 2. The van der Waals surface area contributed by atoms with Crippen molar-refractivity contribution in [3.8, 4) is 5.88 Å². The summed E-state index contributed by atoms with van der Waals surface area (Å²) in [5.74, 6) is 0.615. The monoisotopic (exact) mass is 363 g/mol. The van der Waals surface area contributed by atoms with E-state index in [0.717, 1.165) is 18.4 Å². The van der Waals surface area contributed by atoms with Crippen LogP contribution in [0, 0.1) is 5.92 Å². The summed E-state index contributed by atoms with van der Waals surface area (Å²) in [6.07, 6.45) is 4.59. The van der Waals surface area contributed by atoms with Crippen LogP contribution in [-0.4, -0.2) is 50.2 Å². The molecule has 0 radical (unpaired) electrons. The minimum atomic E-state index is -1.26. The van der Waals surface area contributed by atoms with Gasteiger partial charge in [-0.05, 0) is 43.6 Å². The molecule has 2 N–H and O–H groups in total. The van der Waals surface area contributed by atoms with Crippen LogP contribution in [0.25, 0.3) is 0 Å². The molecule has 1 aliphatic heterocycles. The van der Waals surface area contributed by atoms with Gasteiger partial charge < -0.3 is 15.4 Å². The fourth-order valence-electron chi connectivity index (χ4n) is 3.02. The van der Waals surface area contributed by atoms with E-state index < -0.39 is 28.7 Å². The molecular weight excluding hydrogens is 342 g/mol. The zero-order valence-corrected chi connectivity index (χ0v) is 14.7. The minimum absolute atomic E-state index is 0.0107. The number of ether oxygens (including phenoxy) is 1. The van der Waals surface area contributed by atoms with Crippen molar-refractivity contribution in [2.24, 2.45) is 11.7 Å². The van der Waals surface area contributed by atoms with Gasteiger partial charge in [-0.15, -0.1) is 0 Å². The molecule has 3 fully saturated rings. The SMILES string of the molecule is NC(=O)C1CS(=O)CN1C(=O)c1ccc(C2CC2)c(OCC2CC2)n1. The van der Waals surface area contributed by atoms with Crippen molar-refractivity contribution in [1.29, 1.82) is 0 Å². The fourth-order valence-corrected chi connectivity index (χ4v) is 4.43. The van der Waals surface area contributed by atoms with Crippen molar-refractivity contribution >= 4 is 22.6 Å². The van der Waals surface area contributed by atoms with Crippen LogP contribution in [-0.2, 0) is 15.6 Å². The van der Waals surface area contributed by atoms with Gasteiger partial charge in [0, 0.05) is 16.4 Å². The van der Waals surface area contributed by atoms with Gasteiger partial charge in [-0.1, -0.05) is 6.07 Å². The van der Waals surface area contributed by atoms with Gasteiger partial charge in [0.05, 0.1) is 18.2 Å². The van der Waals surface area contributed by atoms with Crippen LogP contribution in [0.3, 0.4) is 0 Å². The van der Waals surface area contributed by atoms with Crippen LogP contribution in [0.5, 0.6) is 5.88 Å². The van der Waals surface area contributed by atoms with Gasteiger partial charge in [-0.25, -0.2) is 4.98 Å². The first-order valence-electron chi connectivity index (χ1n) is 8.62. The molecule has 4 rings (SSSR count). The summed E-state index contributed by atoms with van der Waals surface area (Å²) in [7, 11) is -1.26. The summed E-state index contributed by atoms with van der Waals surface area (Å²) >= 11 is 0. The van der Waals surface area contributed by atoms with Crippen molar-refractivity contribution in [2.75, 3.05) is 18.2 Å². The standard InChI is InChI=1S/C17H21N3O4S/c18-15(21)14-8-25(23)9-20(14)17(22)13-6-5-12(11-3-4-11)16(19-13)24-7-10-1-2-10/h5-6,10-11,14H,1-4,7-9H2,(H2,18,21). The van der Waals surface area contributed by atoms with Gasteiger partial charge in [-0.3, -0.25) is 13.8 Å². The molecule has 0 bridgehead atoms. The Bertz CT molecular complexity index is 745. The molecule has 0 spiro atoms. The van der Waals surface area contributed by atoms with E-state index in [2.05, 4.69) is 4.98 Å². The Morgan fingerprint density at radius 1 is 1.28 bits per heavy atom. The molecule has 3 aliphatic rings. The first-order chi connectivity index (χ1) is 12.0.